The topological polar surface area (TPSA) is 69.4 Å². The fourth-order valence-electron chi connectivity index (χ4n) is 1.77. The third kappa shape index (κ3) is 3.71. The van der Waals surface area contributed by atoms with Gasteiger partial charge in [-0.25, -0.2) is 5.84 Å². The summed E-state index contributed by atoms with van der Waals surface area (Å²) in [5.41, 5.74) is 1.22. The largest absolute Gasteiger partial charge is 0.475 e. The van der Waals surface area contributed by atoms with E-state index in [0.29, 0.717) is 6.61 Å². The lowest BCUT2D eigenvalue weighted by Crippen LogP contribution is -2.18. The zero-order valence-electron chi connectivity index (χ0n) is 10.0. The standard InChI is InChI=1S/C11H14F3N3O2/c12-11(13,14)7-4-9(17-15)16-10(5-7)19-6-8-2-1-3-18-8/h4-5,8H,1-3,6,15H2,(H,16,17). The second-order valence-electron chi connectivity index (χ2n) is 4.17. The van der Waals surface area contributed by atoms with E-state index in [1.807, 2.05) is 0 Å². The van der Waals surface area contributed by atoms with Gasteiger partial charge in [-0.2, -0.15) is 18.2 Å². The lowest BCUT2D eigenvalue weighted by atomic mass is 10.2. The maximum Gasteiger partial charge on any atom is 0.416 e. The van der Waals surface area contributed by atoms with Gasteiger partial charge < -0.3 is 14.9 Å². The smallest absolute Gasteiger partial charge is 0.416 e. The Kier molecular flexibility index (Phi) is 4.11. The molecule has 1 aliphatic heterocycles. The summed E-state index contributed by atoms with van der Waals surface area (Å²) in [6.07, 6.45) is -2.80. The number of nitrogens with one attached hydrogen (secondary N) is 1. The van der Waals surface area contributed by atoms with Crippen LogP contribution in [-0.4, -0.2) is 24.3 Å². The summed E-state index contributed by atoms with van der Waals surface area (Å²) in [4.78, 5) is 3.81. The Bertz CT molecular complexity index is 434. The number of hydrogen-bond donors (Lipinski definition) is 2. The summed E-state index contributed by atoms with van der Waals surface area (Å²) < 4.78 is 48.5. The number of pyridine rings is 1. The number of aromatic nitrogens is 1. The third-order valence-electron chi connectivity index (χ3n) is 2.72. The molecular formula is C11H14F3N3O2. The van der Waals surface area contributed by atoms with Crippen LogP contribution < -0.4 is 16.0 Å². The van der Waals surface area contributed by atoms with Crippen LogP contribution in [0.3, 0.4) is 0 Å². The Morgan fingerprint density at radius 1 is 1.47 bits per heavy atom. The van der Waals surface area contributed by atoms with Gasteiger partial charge in [-0.3, -0.25) is 0 Å². The summed E-state index contributed by atoms with van der Waals surface area (Å²) in [6, 6.07) is 1.66. The normalized spacial score (nSPS) is 19.5. The lowest BCUT2D eigenvalue weighted by Gasteiger charge is -2.14. The number of rotatable bonds is 4. The molecule has 0 aromatic carbocycles. The van der Waals surface area contributed by atoms with Gasteiger partial charge in [0.05, 0.1) is 11.7 Å². The number of nitrogens with zero attached hydrogens (tertiary/aromatic N) is 1. The monoisotopic (exact) mass is 277 g/mol. The molecule has 0 bridgehead atoms. The van der Waals surface area contributed by atoms with E-state index in [1.54, 1.807) is 0 Å². The summed E-state index contributed by atoms with van der Waals surface area (Å²) in [5.74, 6) is 4.86. The van der Waals surface area contributed by atoms with Crippen LogP contribution in [0.1, 0.15) is 18.4 Å². The number of nitrogen functional groups attached to an aromatic ring is 1. The molecule has 1 atom stereocenters. The molecule has 2 heterocycles. The SMILES string of the molecule is NNc1cc(C(F)(F)F)cc(OCC2CCCO2)n1. The van der Waals surface area contributed by atoms with Crippen molar-refractivity contribution < 1.29 is 22.6 Å². The number of nitrogens with two attached hydrogens (primary N) is 1. The van der Waals surface area contributed by atoms with E-state index < -0.39 is 11.7 Å². The zero-order chi connectivity index (χ0) is 13.9. The van der Waals surface area contributed by atoms with Crippen LogP contribution in [0.2, 0.25) is 0 Å². The number of anilines is 1. The molecule has 19 heavy (non-hydrogen) atoms. The predicted molar refractivity (Wildman–Crippen MR) is 61.5 cm³/mol. The van der Waals surface area contributed by atoms with Gasteiger partial charge in [0.1, 0.15) is 12.4 Å². The van der Waals surface area contributed by atoms with Crippen LogP contribution in [0, 0.1) is 0 Å². The van der Waals surface area contributed by atoms with Crippen molar-refractivity contribution in [3.63, 3.8) is 0 Å². The van der Waals surface area contributed by atoms with Gasteiger partial charge in [-0.05, 0) is 18.9 Å². The number of hydrazine groups is 1. The molecule has 106 valence electrons. The molecule has 1 aliphatic rings. The second-order valence-corrected chi connectivity index (χ2v) is 4.17. The van der Waals surface area contributed by atoms with Crippen LogP contribution in [0.15, 0.2) is 12.1 Å². The van der Waals surface area contributed by atoms with Crippen LogP contribution in [0.25, 0.3) is 0 Å². The van der Waals surface area contributed by atoms with Crippen molar-refractivity contribution in [2.75, 3.05) is 18.6 Å². The van der Waals surface area contributed by atoms with Gasteiger partial charge in [0.15, 0.2) is 0 Å². The minimum Gasteiger partial charge on any atom is -0.475 e. The lowest BCUT2D eigenvalue weighted by molar-refractivity contribution is -0.137. The maximum absolute atomic E-state index is 12.6. The number of hydrogen-bond acceptors (Lipinski definition) is 5. The average Bonchev–Trinajstić information content (AvgIpc) is 2.88. The molecule has 0 aliphatic carbocycles. The number of halogens is 3. The molecule has 1 unspecified atom stereocenters. The predicted octanol–water partition coefficient (Wildman–Crippen LogP) is 1.94. The highest BCUT2D eigenvalue weighted by Gasteiger charge is 2.32. The van der Waals surface area contributed by atoms with Crippen molar-refractivity contribution in [1.82, 2.24) is 4.98 Å². The van der Waals surface area contributed by atoms with Gasteiger partial charge in [-0.1, -0.05) is 0 Å². The van der Waals surface area contributed by atoms with Gasteiger partial charge in [0.25, 0.3) is 0 Å². The molecule has 2 rings (SSSR count). The molecule has 3 N–H and O–H groups in total. The molecule has 0 radical (unpaired) electrons. The number of ether oxygens (including phenoxy) is 2. The molecule has 1 aromatic rings. The zero-order valence-corrected chi connectivity index (χ0v) is 10.0. The van der Waals surface area contributed by atoms with Gasteiger partial charge in [0, 0.05) is 12.7 Å². The highest BCUT2D eigenvalue weighted by atomic mass is 19.4. The highest BCUT2D eigenvalue weighted by molar-refractivity contribution is 5.41. The first kappa shape index (κ1) is 13.9. The summed E-state index contributed by atoms with van der Waals surface area (Å²) in [7, 11) is 0. The van der Waals surface area contributed by atoms with E-state index in [1.165, 1.54) is 0 Å². The molecule has 1 aromatic heterocycles. The maximum atomic E-state index is 12.6. The van der Waals surface area contributed by atoms with Crippen molar-refractivity contribution in [3.05, 3.63) is 17.7 Å². The Morgan fingerprint density at radius 3 is 2.84 bits per heavy atom. The summed E-state index contributed by atoms with van der Waals surface area (Å²) in [6.45, 7) is 0.831. The van der Waals surface area contributed by atoms with E-state index in [0.717, 1.165) is 25.0 Å². The van der Waals surface area contributed by atoms with E-state index in [4.69, 9.17) is 15.3 Å². The minimum absolute atomic E-state index is 0.0920. The van der Waals surface area contributed by atoms with Gasteiger partial charge in [0.2, 0.25) is 5.88 Å². The van der Waals surface area contributed by atoms with Crippen LogP contribution in [-0.2, 0) is 10.9 Å². The Balaban J connectivity index is 2.10. The first-order valence-electron chi connectivity index (χ1n) is 5.79. The fourth-order valence-corrected chi connectivity index (χ4v) is 1.77. The summed E-state index contributed by atoms with van der Waals surface area (Å²) in [5, 5.41) is 0. The van der Waals surface area contributed by atoms with Gasteiger partial charge >= 0.3 is 6.18 Å². The molecule has 1 fully saturated rings. The Morgan fingerprint density at radius 2 is 2.26 bits per heavy atom. The quantitative estimate of drug-likeness (QED) is 0.650. The van der Waals surface area contributed by atoms with Crippen LogP contribution in [0.4, 0.5) is 19.0 Å². The minimum atomic E-state index is -4.48. The van der Waals surface area contributed by atoms with Crippen molar-refractivity contribution in [3.8, 4) is 5.88 Å². The fraction of sp³-hybridized carbons (Fsp3) is 0.545. The molecule has 0 saturated carbocycles. The first-order valence-corrected chi connectivity index (χ1v) is 5.79. The van der Waals surface area contributed by atoms with Crippen molar-refractivity contribution in [2.45, 2.75) is 25.1 Å². The molecule has 5 nitrogen and oxygen atoms in total. The first-order chi connectivity index (χ1) is 8.99. The molecule has 8 heteroatoms. The number of alkyl halides is 3. The molecule has 1 saturated heterocycles. The Labute approximate surface area is 107 Å². The Hall–Kier alpha value is -1.54. The molecular weight excluding hydrogens is 263 g/mol. The van der Waals surface area contributed by atoms with Crippen LogP contribution in [0.5, 0.6) is 5.88 Å². The third-order valence-corrected chi connectivity index (χ3v) is 2.72. The van der Waals surface area contributed by atoms with Crippen molar-refractivity contribution in [1.29, 1.82) is 0 Å². The van der Waals surface area contributed by atoms with E-state index >= 15 is 0 Å². The van der Waals surface area contributed by atoms with Crippen LogP contribution >= 0.6 is 0 Å². The summed E-state index contributed by atoms with van der Waals surface area (Å²) >= 11 is 0. The highest BCUT2D eigenvalue weighted by Crippen LogP contribution is 2.32. The van der Waals surface area contributed by atoms with Gasteiger partial charge in [-0.15, -0.1) is 0 Å². The van der Waals surface area contributed by atoms with E-state index in [-0.39, 0.29) is 24.4 Å². The average molecular weight is 277 g/mol. The van der Waals surface area contributed by atoms with Crippen molar-refractivity contribution in [2.24, 2.45) is 5.84 Å². The van der Waals surface area contributed by atoms with E-state index in [2.05, 4.69) is 10.4 Å². The van der Waals surface area contributed by atoms with E-state index in [9.17, 15) is 13.2 Å². The second kappa shape index (κ2) is 5.62. The molecule has 0 spiro atoms. The van der Waals surface area contributed by atoms with Crippen molar-refractivity contribution >= 4 is 5.82 Å². The molecule has 0 amide bonds.